The van der Waals surface area contributed by atoms with Crippen molar-refractivity contribution in [3.63, 3.8) is 0 Å². The molecule has 1 aliphatic rings. The lowest BCUT2D eigenvalue weighted by molar-refractivity contribution is -0.136. The molecule has 1 fully saturated rings. The number of hydrogen-bond acceptors (Lipinski definition) is 4. The van der Waals surface area contributed by atoms with Crippen molar-refractivity contribution in [3.05, 3.63) is 60.1 Å². The number of benzene rings is 1. The molecule has 0 saturated carbocycles. The molecule has 3 rings (SSSR count). The Morgan fingerprint density at radius 1 is 1.28 bits per heavy atom. The first-order valence-electron chi connectivity index (χ1n) is 8.73. The van der Waals surface area contributed by atoms with Gasteiger partial charge < -0.3 is 14.6 Å². The molecule has 2 heterocycles. The summed E-state index contributed by atoms with van der Waals surface area (Å²) in [5.41, 5.74) is 0.290. The van der Waals surface area contributed by atoms with E-state index in [9.17, 15) is 9.90 Å². The second-order valence-corrected chi connectivity index (χ2v) is 6.33. The largest absolute Gasteiger partial charge is 0.481 e. The molecule has 0 amide bonds. The second kappa shape index (κ2) is 8.83. The summed E-state index contributed by atoms with van der Waals surface area (Å²) >= 11 is 0. The first kappa shape index (κ1) is 19.2. The Morgan fingerprint density at radius 3 is 2.52 bits per heavy atom. The van der Waals surface area contributed by atoms with Gasteiger partial charge in [0.05, 0.1) is 6.26 Å². The molecule has 1 aromatic heterocycles. The van der Waals surface area contributed by atoms with Gasteiger partial charge in [-0.25, -0.2) is 0 Å². The van der Waals surface area contributed by atoms with Crippen LogP contribution in [-0.4, -0.2) is 40.2 Å². The van der Waals surface area contributed by atoms with E-state index in [2.05, 4.69) is 11.8 Å². The van der Waals surface area contributed by atoms with Crippen LogP contribution in [0.4, 0.5) is 0 Å². The van der Waals surface area contributed by atoms with E-state index in [-0.39, 0.29) is 12.5 Å². The molecule has 5 nitrogen and oxygen atoms in total. The van der Waals surface area contributed by atoms with Crippen molar-refractivity contribution in [2.45, 2.75) is 44.8 Å². The second-order valence-electron chi connectivity index (χ2n) is 6.33. The van der Waals surface area contributed by atoms with Crippen LogP contribution >= 0.6 is 0 Å². The quantitative estimate of drug-likeness (QED) is 0.870. The smallest absolute Gasteiger partial charge is 0.303 e. The third-order valence-corrected chi connectivity index (χ3v) is 4.82. The number of carboxylic acid groups (broad SMARTS) is 1. The van der Waals surface area contributed by atoms with Gasteiger partial charge in [-0.15, -0.1) is 0 Å². The van der Waals surface area contributed by atoms with Crippen molar-refractivity contribution in [1.29, 1.82) is 0 Å². The van der Waals surface area contributed by atoms with Crippen molar-refractivity contribution in [3.8, 4) is 0 Å². The predicted molar refractivity (Wildman–Crippen MR) is 96.3 cm³/mol. The molecule has 25 heavy (non-hydrogen) atoms. The van der Waals surface area contributed by atoms with Crippen molar-refractivity contribution < 1.29 is 19.4 Å². The minimum Gasteiger partial charge on any atom is -0.481 e. The molecule has 1 aliphatic heterocycles. The van der Waals surface area contributed by atoms with E-state index in [0.717, 1.165) is 37.3 Å². The maximum Gasteiger partial charge on any atom is 0.303 e. The lowest BCUT2D eigenvalue weighted by Crippen LogP contribution is -2.41. The first-order valence-corrected chi connectivity index (χ1v) is 8.73. The third kappa shape index (κ3) is 4.94. The Labute approximate surface area is 148 Å². The van der Waals surface area contributed by atoms with Gasteiger partial charge >= 0.3 is 5.97 Å². The van der Waals surface area contributed by atoms with Crippen LogP contribution in [0.25, 0.3) is 0 Å². The predicted octanol–water partition coefficient (Wildman–Crippen LogP) is 3.29. The highest BCUT2D eigenvalue weighted by Gasteiger charge is 2.44. The summed E-state index contributed by atoms with van der Waals surface area (Å²) in [5, 5.41) is 18.7. The zero-order valence-corrected chi connectivity index (χ0v) is 14.9. The van der Waals surface area contributed by atoms with Gasteiger partial charge in [0.25, 0.3) is 0 Å². The molecular formula is C20H27NO4. The first-order chi connectivity index (χ1) is 12.0. The van der Waals surface area contributed by atoms with Crippen molar-refractivity contribution in [2.75, 3.05) is 13.1 Å². The van der Waals surface area contributed by atoms with Crippen molar-refractivity contribution >= 4 is 5.97 Å². The van der Waals surface area contributed by atoms with E-state index in [1.54, 1.807) is 13.2 Å². The van der Waals surface area contributed by atoms with Gasteiger partial charge in [-0.1, -0.05) is 37.3 Å². The van der Waals surface area contributed by atoms with Crippen molar-refractivity contribution in [2.24, 2.45) is 0 Å². The summed E-state index contributed by atoms with van der Waals surface area (Å²) in [5.74, 6) is 0.261. The molecular weight excluding hydrogens is 318 g/mol. The van der Waals surface area contributed by atoms with E-state index >= 15 is 0 Å². The summed E-state index contributed by atoms with van der Waals surface area (Å²) in [6.45, 7) is 5.56. The van der Waals surface area contributed by atoms with E-state index < -0.39 is 11.6 Å². The van der Waals surface area contributed by atoms with Gasteiger partial charge in [-0.2, -0.15) is 0 Å². The molecule has 0 bridgehead atoms. The highest BCUT2D eigenvalue weighted by molar-refractivity contribution is 5.66. The highest BCUT2D eigenvalue weighted by Crippen LogP contribution is 2.37. The molecule has 136 valence electrons. The molecule has 2 atom stereocenters. The van der Waals surface area contributed by atoms with Crippen LogP contribution in [0.15, 0.2) is 53.1 Å². The standard InChI is InChI=1S/C17H21NO2.C3H6O2/c1-14-17(19,15-6-3-2-4-7-15)10-12-18(14)11-9-16-8-5-13-20-16;1-2-3(4)5/h2-8,13-14,19H,9-12H2,1H3;2H2,1H3,(H,4,5). The molecule has 0 aliphatic carbocycles. The third-order valence-electron chi connectivity index (χ3n) is 4.82. The summed E-state index contributed by atoms with van der Waals surface area (Å²) in [4.78, 5) is 11.7. The van der Waals surface area contributed by atoms with Crippen LogP contribution in [0.1, 0.15) is 38.0 Å². The van der Waals surface area contributed by atoms with Gasteiger partial charge in [-0.3, -0.25) is 9.69 Å². The Hall–Kier alpha value is -2.11. The lowest BCUT2D eigenvalue weighted by atomic mass is 9.87. The molecule has 1 aromatic carbocycles. The van der Waals surface area contributed by atoms with Gasteiger partial charge in [0.1, 0.15) is 11.4 Å². The fourth-order valence-electron chi connectivity index (χ4n) is 3.15. The average molecular weight is 345 g/mol. The fraction of sp³-hybridized carbons (Fsp3) is 0.450. The number of hydrogen-bond donors (Lipinski definition) is 2. The number of carbonyl (C=O) groups is 1. The summed E-state index contributed by atoms with van der Waals surface area (Å²) in [6.07, 6.45) is 3.61. The maximum absolute atomic E-state index is 11.0. The normalized spacial score (nSPS) is 23.1. The SMILES string of the molecule is CC1N(CCc2ccco2)CCC1(O)c1ccccc1.CCC(=O)O. The molecule has 2 aromatic rings. The highest BCUT2D eigenvalue weighted by atomic mass is 16.4. The number of carboxylic acids is 1. The number of rotatable bonds is 5. The molecule has 1 saturated heterocycles. The Bertz CT molecular complexity index is 641. The summed E-state index contributed by atoms with van der Waals surface area (Å²) in [7, 11) is 0. The monoisotopic (exact) mass is 345 g/mol. The molecule has 2 N–H and O–H groups in total. The van der Waals surface area contributed by atoms with Gasteiger partial charge in [-0.05, 0) is 31.0 Å². The number of aliphatic hydroxyl groups is 1. The van der Waals surface area contributed by atoms with E-state index in [0.29, 0.717) is 0 Å². The molecule has 2 unspecified atom stereocenters. The zero-order valence-electron chi connectivity index (χ0n) is 14.9. The zero-order chi connectivity index (χ0) is 18.3. The molecule has 0 radical (unpaired) electrons. The van der Waals surface area contributed by atoms with Crippen molar-refractivity contribution in [1.82, 2.24) is 4.90 Å². The maximum atomic E-state index is 11.0. The fourth-order valence-corrected chi connectivity index (χ4v) is 3.15. The number of furan rings is 1. The van der Waals surface area contributed by atoms with Crippen LogP contribution < -0.4 is 0 Å². The summed E-state index contributed by atoms with van der Waals surface area (Å²) < 4.78 is 5.38. The van der Waals surface area contributed by atoms with Crippen LogP contribution in [0.5, 0.6) is 0 Å². The van der Waals surface area contributed by atoms with Gasteiger partial charge in [0, 0.05) is 32.0 Å². The minimum atomic E-state index is -0.745. The lowest BCUT2D eigenvalue weighted by Gasteiger charge is -2.31. The summed E-state index contributed by atoms with van der Waals surface area (Å²) in [6, 6.07) is 14.1. The van der Waals surface area contributed by atoms with E-state index in [1.165, 1.54) is 0 Å². The Morgan fingerprint density at radius 2 is 1.96 bits per heavy atom. The number of likely N-dealkylation sites (tertiary alicyclic amines) is 1. The number of nitrogens with zero attached hydrogens (tertiary/aromatic N) is 1. The van der Waals surface area contributed by atoms with E-state index in [1.807, 2.05) is 42.5 Å². The average Bonchev–Trinajstić information content (AvgIpc) is 3.24. The van der Waals surface area contributed by atoms with Gasteiger partial charge in [0.2, 0.25) is 0 Å². The number of aliphatic carboxylic acids is 1. The van der Waals surface area contributed by atoms with Crippen LogP contribution in [0, 0.1) is 0 Å². The molecule has 0 spiro atoms. The Kier molecular flexibility index (Phi) is 6.79. The molecule has 5 heteroatoms. The van der Waals surface area contributed by atoms with E-state index in [4.69, 9.17) is 9.52 Å². The topological polar surface area (TPSA) is 73.9 Å². The Balaban J connectivity index is 0.000000399. The van der Waals surface area contributed by atoms with Gasteiger partial charge in [0.15, 0.2) is 0 Å². The van der Waals surface area contributed by atoms with Crippen LogP contribution in [0.2, 0.25) is 0 Å². The minimum absolute atomic E-state index is 0.125. The van der Waals surface area contributed by atoms with Crippen LogP contribution in [-0.2, 0) is 16.8 Å². The van der Waals surface area contributed by atoms with Crippen LogP contribution in [0.3, 0.4) is 0 Å².